The Kier molecular flexibility index (Phi) is 6.69. The van der Waals surface area contributed by atoms with Gasteiger partial charge in [-0.15, -0.1) is 0 Å². The van der Waals surface area contributed by atoms with E-state index >= 15 is 0 Å². The van der Waals surface area contributed by atoms with Gasteiger partial charge in [0.25, 0.3) is 5.91 Å². The van der Waals surface area contributed by atoms with Crippen molar-refractivity contribution in [2.45, 2.75) is 32.0 Å². The molecule has 0 spiro atoms. The zero-order valence-corrected chi connectivity index (χ0v) is 18.2. The van der Waals surface area contributed by atoms with Gasteiger partial charge in [-0.05, 0) is 61.8 Å². The van der Waals surface area contributed by atoms with Crippen molar-refractivity contribution in [1.29, 1.82) is 0 Å². The Balaban J connectivity index is 1.52. The van der Waals surface area contributed by atoms with E-state index in [1.807, 2.05) is 18.2 Å². The van der Waals surface area contributed by atoms with Crippen molar-refractivity contribution in [2.75, 3.05) is 25.5 Å². The van der Waals surface area contributed by atoms with Gasteiger partial charge in [0.15, 0.2) is 11.4 Å². The number of benzene rings is 2. The van der Waals surface area contributed by atoms with Crippen LogP contribution in [0.5, 0.6) is 5.75 Å². The highest BCUT2D eigenvalue weighted by Gasteiger charge is 2.30. The molecule has 1 aromatic heterocycles. The smallest absolute Gasteiger partial charge is 0.416 e. The molecule has 0 radical (unpaired) electrons. The van der Waals surface area contributed by atoms with Gasteiger partial charge in [-0.1, -0.05) is 24.6 Å². The largest absolute Gasteiger partial charge is 0.493 e. The first-order chi connectivity index (χ1) is 15.8. The summed E-state index contributed by atoms with van der Waals surface area (Å²) in [6, 6.07) is 12.3. The maximum absolute atomic E-state index is 13.1. The average molecular weight is 458 g/mol. The summed E-state index contributed by atoms with van der Waals surface area (Å²) in [5, 5.41) is 7.01. The topological polar surface area (TPSA) is 59.4 Å². The molecule has 1 aliphatic heterocycles. The summed E-state index contributed by atoms with van der Waals surface area (Å²) < 4.78 is 45.7. The predicted molar refractivity (Wildman–Crippen MR) is 119 cm³/mol. The second kappa shape index (κ2) is 9.66. The highest BCUT2D eigenvalue weighted by molar-refractivity contribution is 6.04. The van der Waals surface area contributed by atoms with Crippen LogP contribution < -0.4 is 10.1 Å². The molecule has 4 rings (SSSR count). The molecule has 1 saturated heterocycles. The summed E-state index contributed by atoms with van der Waals surface area (Å²) in [4.78, 5) is 15.3. The minimum atomic E-state index is -4.48. The van der Waals surface area contributed by atoms with E-state index < -0.39 is 17.6 Å². The molecule has 174 valence electrons. The lowest BCUT2D eigenvalue weighted by molar-refractivity contribution is -0.137. The van der Waals surface area contributed by atoms with Crippen molar-refractivity contribution < 1.29 is 22.7 Å². The van der Waals surface area contributed by atoms with E-state index in [9.17, 15) is 18.0 Å². The number of alkyl halides is 3. The number of methoxy groups -OCH3 is 1. The fourth-order valence-electron chi connectivity index (χ4n) is 3.94. The lowest BCUT2D eigenvalue weighted by Gasteiger charge is -2.26. The molecule has 0 unspecified atom stereocenters. The second-order valence-corrected chi connectivity index (χ2v) is 8.03. The number of likely N-dealkylation sites (tertiary alicyclic amines) is 1. The van der Waals surface area contributed by atoms with Crippen LogP contribution in [0, 0.1) is 0 Å². The molecule has 3 aromatic rings. The summed E-state index contributed by atoms with van der Waals surface area (Å²) >= 11 is 0. The number of piperidine rings is 1. The van der Waals surface area contributed by atoms with E-state index in [-0.39, 0.29) is 17.1 Å². The number of carbonyl (C=O) groups excluding carboxylic acids is 1. The van der Waals surface area contributed by atoms with Crippen LogP contribution in [-0.4, -0.2) is 40.8 Å². The molecule has 9 heteroatoms. The Hall–Kier alpha value is -3.33. The summed E-state index contributed by atoms with van der Waals surface area (Å²) in [5.74, 6) is -0.345. The normalized spacial score (nSPS) is 14.8. The van der Waals surface area contributed by atoms with Crippen LogP contribution in [0.25, 0.3) is 5.69 Å². The Morgan fingerprint density at radius 2 is 1.85 bits per heavy atom. The van der Waals surface area contributed by atoms with E-state index in [4.69, 9.17) is 4.74 Å². The first-order valence-corrected chi connectivity index (χ1v) is 10.8. The lowest BCUT2D eigenvalue weighted by Crippen LogP contribution is -2.29. The van der Waals surface area contributed by atoms with Crippen LogP contribution in [0.15, 0.2) is 54.7 Å². The molecular weight excluding hydrogens is 433 g/mol. The summed E-state index contributed by atoms with van der Waals surface area (Å²) in [5.41, 5.74) is 1.06. The maximum atomic E-state index is 13.1. The molecule has 1 amide bonds. The Labute approximate surface area is 190 Å². The van der Waals surface area contributed by atoms with Crippen molar-refractivity contribution in [3.8, 4) is 11.4 Å². The Bertz CT molecular complexity index is 1120. The number of aromatic nitrogens is 2. The number of halogens is 3. The second-order valence-electron chi connectivity index (χ2n) is 8.03. The number of anilines is 1. The first-order valence-electron chi connectivity index (χ1n) is 10.8. The minimum absolute atomic E-state index is 0.0173. The van der Waals surface area contributed by atoms with Gasteiger partial charge in [0.05, 0.1) is 24.6 Å². The van der Waals surface area contributed by atoms with Gasteiger partial charge in [0.1, 0.15) is 0 Å². The molecule has 1 aliphatic rings. The first kappa shape index (κ1) is 22.8. The molecule has 0 bridgehead atoms. The van der Waals surface area contributed by atoms with Crippen LogP contribution in [0.3, 0.4) is 0 Å². The highest BCUT2D eigenvalue weighted by atomic mass is 19.4. The monoisotopic (exact) mass is 458 g/mol. The van der Waals surface area contributed by atoms with Gasteiger partial charge in [-0.25, -0.2) is 4.68 Å². The van der Waals surface area contributed by atoms with Crippen molar-refractivity contribution >= 4 is 11.6 Å². The van der Waals surface area contributed by atoms with Gasteiger partial charge < -0.3 is 10.1 Å². The molecule has 0 saturated carbocycles. The van der Waals surface area contributed by atoms with E-state index in [0.29, 0.717) is 5.69 Å². The average Bonchev–Trinajstić information content (AvgIpc) is 3.24. The van der Waals surface area contributed by atoms with Gasteiger partial charge in [0, 0.05) is 12.2 Å². The summed E-state index contributed by atoms with van der Waals surface area (Å²) in [7, 11) is 1.38. The SMILES string of the molecule is COc1cn(-c2cccc(C(F)(F)F)c2)nc1C(=O)Nc1cccc(CN2CCCCC2)c1. The number of hydrogen-bond donors (Lipinski definition) is 1. The third kappa shape index (κ3) is 5.54. The number of carbonyl (C=O) groups is 1. The maximum Gasteiger partial charge on any atom is 0.416 e. The van der Waals surface area contributed by atoms with E-state index in [2.05, 4.69) is 15.3 Å². The third-order valence-corrected chi connectivity index (χ3v) is 5.59. The lowest BCUT2D eigenvalue weighted by atomic mass is 10.1. The number of nitrogens with zero attached hydrogens (tertiary/aromatic N) is 3. The van der Waals surface area contributed by atoms with Gasteiger partial charge in [-0.3, -0.25) is 9.69 Å². The molecule has 2 aromatic carbocycles. The number of amides is 1. The molecule has 2 heterocycles. The van der Waals surface area contributed by atoms with Gasteiger partial charge in [0.2, 0.25) is 0 Å². The molecule has 1 fully saturated rings. The number of hydrogen-bond acceptors (Lipinski definition) is 4. The molecule has 0 aliphatic carbocycles. The molecule has 0 atom stereocenters. The predicted octanol–water partition coefficient (Wildman–Crippen LogP) is 5.14. The van der Waals surface area contributed by atoms with Crippen LogP contribution in [0.2, 0.25) is 0 Å². The number of ether oxygens (including phenoxy) is 1. The molecule has 33 heavy (non-hydrogen) atoms. The molecule has 1 N–H and O–H groups in total. The number of nitrogens with one attached hydrogen (secondary N) is 1. The van der Waals surface area contributed by atoms with Crippen LogP contribution in [-0.2, 0) is 12.7 Å². The summed E-state index contributed by atoms with van der Waals surface area (Å²) in [6.45, 7) is 2.96. The van der Waals surface area contributed by atoms with E-state index in [1.54, 1.807) is 6.07 Å². The van der Waals surface area contributed by atoms with Gasteiger partial charge >= 0.3 is 6.18 Å². The van der Waals surface area contributed by atoms with Crippen molar-refractivity contribution in [2.24, 2.45) is 0 Å². The quantitative estimate of drug-likeness (QED) is 0.556. The van der Waals surface area contributed by atoms with E-state index in [0.717, 1.165) is 37.3 Å². The number of rotatable bonds is 6. The molecule has 6 nitrogen and oxygen atoms in total. The van der Waals surface area contributed by atoms with Crippen molar-refractivity contribution in [1.82, 2.24) is 14.7 Å². The fraction of sp³-hybridized carbons (Fsp3) is 0.333. The minimum Gasteiger partial charge on any atom is -0.493 e. The third-order valence-electron chi connectivity index (χ3n) is 5.59. The Morgan fingerprint density at radius 1 is 1.09 bits per heavy atom. The van der Waals surface area contributed by atoms with E-state index in [1.165, 1.54) is 49.4 Å². The highest BCUT2D eigenvalue weighted by Crippen LogP contribution is 2.31. The zero-order chi connectivity index (χ0) is 23.4. The Morgan fingerprint density at radius 3 is 2.58 bits per heavy atom. The fourth-order valence-corrected chi connectivity index (χ4v) is 3.94. The van der Waals surface area contributed by atoms with Crippen LogP contribution in [0.4, 0.5) is 18.9 Å². The van der Waals surface area contributed by atoms with Crippen LogP contribution >= 0.6 is 0 Å². The van der Waals surface area contributed by atoms with Gasteiger partial charge in [-0.2, -0.15) is 18.3 Å². The molecular formula is C24H25F3N4O2. The zero-order valence-electron chi connectivity index (χ0n) is 18.2. The van der Waals surface area contributed by atoms with Crippen molar-refractivity contribution in [3.05, 3.63) is 71.5 Å². The van der Waals surface area contributed by atoms with Crippen molar-refractivity contribution in [3.63, 3.8) is 0 Å². The van der Waals surface area contributed by atoms with Crippen LogP contribution in [0.1, 0.15) is 40.9 Å². The standard InChI is InChI=1S/C24H25F3N4O2/c1-33-21-16-31(20-10-6-8-18(14-20)24(25,26)27)29-22(21)23(32)28-19-9-5-7-17(13-19)15-30-11-3-2-4-12-30/h5-10,13-14,16H,2-4,11-12,15H2,1H3,(H,28,32). The summed E-state index contributed by atoms with van der Waals surface area (Å²) in [6.07, 6.45) is 0.570.